The van der Waals surface area contributed by atoms with E-state index < -0.39 is 0 Å². The van der Waals surface area contributed by atoms with E-state index in [1.807, 2.05) is 83.4 Å². The zero-order chi connectivity index (χ0) is 35.8. The molecular formula is C46H29N3. The molecule has 0 N–H and O–H groups in total. The Bertz CT molecular complexity index is 3020. The van der Waals surface area contributed by atoms with Gasteiger partial charge in [0.1, 0.15) is 0 Å². The lowest BCUT2D eigenvalue weighted by Crippen LogP contribution is -2.00. The first kappa shape index (κ1) is 23.7. The second-order valence-electron chi connectivity index (χ2n) is 12.3. The molecule has 0 bridgehead atoms. The van der Waals surface area contributed by atoms with E-state index in [-0.39, 0.29) is 41.1 Å². The molecule has 0 aliphatic carbocycles. The largest absolute Gasteiger partial charge is 0.275 e. The average molecular weight is 628 g/mol. The number of rotatable bonds is 5. The first-order valence-electron chi connectivity index (χ1n) is 18.3. The van der Waals surface area contributed by atoms with Crippen LogP contribution in [0.25, 0.3) is 93.8 Å². The Morgan fingerprint density at radius 2 is 0.898 bits per heavy atom. The van der Waals surface area contributed by atoms with Gasteiger partial charge in [-0.1, -0.05) is 158 Å². The van der Waals surface area contributed by atoms with E-state index in [9.17, 15) is 5.48 Å². The zero-order valence-corrected chi connectivity index (χ0v) is 26.3. The van der Waals surface area contributed by atoms with Gasteiger partial charge in [-0.25, -0.2) is 0 Å². The predicted molar refractivity (Wildman–Crippen MR) is 204 cm³/mol. The fourth-order valence-electron chi connectivity index (χ4n) is 7.23. The molecule has 10 rings (SSSR count). The quantitative estimate of drug-likeness (QED) is 0.178. The van der Waals surface area contributed by atoms with Crippen molar-refractivity contribution in [2.45, 2.75) is 0 Å². The lowest BCUT2D eigenvalue weighted by atomic mass is 9.87. The highest BCUT2D eigenvalue weighted by atomic mass is 15.3. The van der Waals surface area contributed by atoms with E-state index in [1.165, 1.54) is 10.8 Å². The molecule has 0 radical (unpaired) electrons. The van der Waals surface area contributed by atoms with Gasteiger partial charge in [-0.2, -0.15) is 0 Å². The summed E-state index contributed by atoms with van der Waals surface area (Å²) in [5.41, 5.74) is 4.85. The molecule has 10 aromatic rings. The maximum atomic E-state index is 9.40. The number of nitrogens with zero attached hydrogens (tertiary/aromatic N) is 3. The smallest absolute Gasteiger partial charge is 0.168 e. The van der Waals surface area contributed by atoms with Gasteiger partial charge in [-0.15, -0.1) is 10.2 Å². The fraction of sp³-hybridized carbons (Fsp3) is 0. The van der Waals surface area contributed by atoms with Gasteiger partial charge in [-0.05, 0) is 83.5 Å². The minimum atomic E-state index is -0.172. The van der Waals surface area contributed by atoms with Crippen molar-refractivity contribution < 1.29 is 5.48 Å². The van der Waals surface area contributed by atoms with E-state index in [1.54, 1.807) is 0 Å². The summed E-state index contributed by atoms with van der Waals surface area (Å²) in [5.74, 6) is 0.790. The average Bonchev–Trinajstić information content (AvgIpc) is 3.65. The Balaban J connectivity index is 1.19. The van der Waals surface area contributed by atoms with Crippen LogP contribution < -0.4 is 0 Å². The first-order valence-corrected chi connectivity index (χ1v) is 16.3. The Morgan fingerprint density at radius 1 is 0.388 bits per heavy atom. The molecule has 0 saturated carbocycles. The highest BCUT2D eigenvalue weighted by Gasteiger charge is 2.18. The van der Waals surface area contributed by atoms with Crippen molar-refractivity contribution in [1.29, 1.82) is 0 Å². The van der Waals surface area contributed by atoms with Crippen LogP contribution in [0.4, 0.5) is 0 Å². The van der Waals surface area contributed by atoms with Gasteiger partial charge in [-0.3, -0.25) is 4.57 Å². The zero-order valence-electron chi connectivity index (χ0n) is 30.3. The number of para-hydroxylation sites is 1. The Morgan fingerprint density at radius 3 is 1.57 bits per heavy atom. The number of hydrogen-bond acceptors (Lipinski definition) is 2. The monoisotopic (exact) mass is 627 g/mol. The molecule has 0 saturated heterocycles. The summed E-state index contributed by atoms with van der Waals surface area (Å²) in [7, 11) is 0. The normalized spacial score (nSPS) is 12.8. The molecule has 0 fully saturated rings. The van der Waals surface area contributed by atoms with Crippen LogP contribution in [0.1, 0.15) is 5.48 Å². The molecule has 1 aromatic heterocycles. The van der Waals surface area contributed by atoms with E-state index >= 15 is 0 Å². The SMILES string of the molecule is [2H]c1c([2H])c(-c2nnc(-c3ccccc3)n2-c2ccccc2)c([2H])c([2H])c1-c1ccc2ccc3c(-c4ccc5ccccc5c4)ccc4ccc1c2c43. The molecule has 49 heavy (non-hydrogen) atoms. The summed E-state index contributed by atoms with van der Waals surface area (Å²) < 4.78 is 39.3. The minimum absolute atomic E-state index is 0.0972. The van der Waals surface area contributed by atoms with Crippen LogP contribution in [0.3, 0.4) is 0 Å². The van der Waals surface area contributed by atoms with Crippen LogP contribution in [0.5, 0.6) is 0 Å². The lowest BCUT2D eigenvalue weighted by Gasteiger charge is -2.17. The Labute approximate surface area is 289 Å². The first-order chi connectivity index (χ1) is 26.0. The second kappa shape index (κ2) is 11.0. The molecule has 228 valence electrons. The Hall–Kier alpha value is -6.58. The summed E-state index contributed by atoms with van der Waals surface area (Å²) in [6, 6.07) is 50.3. The topological polar surface area (TPSA) is 30.7 Å². The third-order valence-corrected chi connectivity index (χ3v) is 9.55. The third kappa shape index (κ3) is 4.44. The van der Waals surface area contributed by atoms with E-state index in [4.69, 9.17) is 0 Å². The van der Waals surface area contributed by atoms with Crippen molar-refractivity contribution >= 4 is 43.1 Å². The molecule has 3 nitrogen and oxygen atoms in total. The van der Waals surface area contributed by atoms with Crippen molar-refractivity contribution in [3.8, 4) is 50.7 Å². The molecule has 0 amide bonds. The highest BCUT2D eigenvalue weighted by molar-refractivity contribution is 6.27. The van der Waals surface area contributed by atoms with Crippen molar-refractivity contribution in [3.05, 3.63) is 176 Å². The van der Waals surface area contributed by atoms with E-state index in [0.29, 0.717) is 11.4 Å². The summed E-state index contributed by atoms with van der Waals surface area (Å²) in [4.78, 5) is 0. The van der Waals surface area contributed by atoms with Crippen molar-refractivity contribution in [1.82, 2.24) is 14.8 Å². The van der Waals surface area contributed by atoms with Crippen LogP contribution in [0, 0.1) is 0 Å². The predicted octanol–water partition coefficient (Wildman–Crippen LogP) is 12.0. The third-order valence-electron chi connectivity index (χ3n) is 9.55. The van der Waals surface area contributed by atoms with Gasteiger partial charge in [0, 0.05) is 16.8 Å². The standard InChI is InChI=1S/C46H29N3/c1-3-10-34(11-4-1)45-47-48-46(49(45)38-13-5-2-6-14-38)35-18-16-31(17-19-35)39-25-21-32-24-28-42-40(26-22-33-23-27-41(39)43(32)44(33)42)37-20-15-30-9-7-8-12-36(30)29-37/h1-29H/i16D,17D,18D,19D. The van der Waals surface area contributed by atoms with Crippen LogP contribution in [0.2, 0.25) is 0 Å². The van der Waals surface area contributed by atoms with Gasteiger partial charge in [0.05, 0.1) is 5.48 Å². The molecule has 0 unspecified atom stereocenters. The van der Waals surface area contributed by atoms with Crippen molar-refractivity contribution in [2.75, 3.05) is 0 Å². The number of hydrogen-bond donors (Lipinski definition) is 0. The van der Waals surface area contributed by atoms with Gasteiger partial charge in [0.15, 0.2) is 11.6 Å². The van der Waals surface area contributed by atoms with Gasteiger partial charge < -0.3 is 0 Å². The summed E-state index contributed by atoms with van der Waals surface area (Å²) in [6.07, 6.45) is 0. The maximum Gasteiger partial charge on any atom is 0.168 e. The van der Waals surface area contributed by atoms with Crippen LogP contribution >= 0.6 is 0 Å². The van der Waals surface area contributed by atoms with Gasteiger partial charge in [0.25, 0.3) is 0 Å². The van der Waals surface area contributed by atoms with Gasteiger partial charge >= 0.3 is 0 Å². The van der Waals surface area contributed by atoms with Gasteiger partial charge in [0.2, 0.25) is 0 Å². The molecule has 0 aliphatic rings. The minimum Gasteiger partial charge on any atom is -0.275 e. The number of benzene rings is 9. The summed E-state index contributed by atoms with van der Waals surface area (Å²) in [5, 5.41) is 17.7. The van der Waals surface area contributed by atoms with Crippen molar-refractivity contribution in [2.24, 2.45) is 0 Å². The van der Waals surface area contributed by atoms with E-state index in [0.717, 1.165) is 54.7 Å². The van der Waals surface area contributed by atoms with E-state index in [2.05, 4.69) is 83.0 Å². The molecule has 1 heterocycles. The summed E-state index contributed by atoms with van der Waals surface area (Å²) >= 11 is 0. The number of fused-ring (bicyclic) bond motifs is 1. The molecular weight excluding hydrogens is 595 g/mol. The molecule has 0 spiro atoms. The fourth-order valence-corrected chi connectivity index (χ4v) is 7.23. The molecule has 3 heteroatoms. The van der Waals surface area contributed by atoms with Crippen LogP contribution in [-0.4, -0.2) is 14.8 Å². The second-order valence-corrected chi connectivity index (χ2v) is 12.3. The van der Waals surface area contributed by atoms with Crippen LogP contribution in [0.15, 0.2) is 176 Å². The number of aromatic nitrogens is 3. The highest BCUT2D eigenvalue weighted by Crippen LogP contribution is 2.43. The molecule has 0 atom stereocenters. The molecule has 0 aliphatic heterocycles. The summed E-state index contributed by atoms with van der Waals surface area (Å²) in [6.45, 7) is 0. The van der Waals surface area contributed by atoms with Crippen molar-refractivity contribution in [3.63, 3.8) is 0 Å². The Kier molecular flexibility index (Phi) is 5.32. The van der Waals surface area contributed by atoms with Crippen LogP contribution in [-0.2, 0) is 0 Å². The molecule has 9 aromatic carbocycles. The lowest BCUT2D eigenvalue weighted by molar-refractivity contribution is 1.07. The maximum absolute atomic E-state index is 9.40.